The van der Waals surface area contributed by atoms with Gasteiger partial charge in [-0.25, -0.2) is 0 Å². The highest BCUT2D eigenvalue weighted by atomic mass is 16.5. The molecular formula is C23H32N2O4. The smallest absolute Gasteiger partial charge is 0.254 e. The molecule has 2 amide bonds. The van der Waals surface area contributed by atoms with Gasteiger partial charge in [-0.15, -0.1) is 0 Å². The summed E-state index contributed by atoms with van der Waals surface area (Å²) in [6.07, 6.45) is 7.08. The van der Waals surface area contributed by atoms with Crippen molar-refractivity contribution in [1.29, 1.82) is 0 Å². The molecule has 2 atom stereocenters. The van der Waals surface area contributed by atoms with Crippen molar-refractivity contribution in [3.63, 3.8) is 0 Å². The Morgan fingerprint density at radius 3 is 2.76 bits per heavy atom. The largest absolute Gasteiger partial charge is 0.383 e. The van der Waals surface area contributed by atoms with E-state index in [0.717, 1.165) is 57.1 Å². The first-order valence-corrected chi connectivity index (χ1v) is 11.0. The van der Waals surface area contributed by atoms with Crippen molar-refractivity contribution in [2.24, 2.45) is 0 Å². The van der Waals surface area contributed by atoms with Gasteiger partial charge in [0.1, 0.15) is 0 Å². The lowest BCUT2D eigenvalue weighted by atomic mass is 9.65. The van der Waals surface area contributed by atoms with E-state index < -0.39 is 5.54 Å². The third kappa shape index (κ3) is 3.80. The number of nitrogens with zero attached hydrogens (tertiary/aromatic N) is 1. The average Bonchev–Trinajstić information content (AvgIpc) is 3.27. The van der Waals surface area contributed by atoms with E-state index in [1.165, 1.54) is 0 Å². The van der Waals surface area contributed by atoms with Crippen LogP contribution in [0.1, 0.15) is 66.8 Å². The van der Waals surface area contributed by atoms with Crippen LogP contribution in [-0.4, -0.2) is 61.8 Å². The number of benzene rings is 1. The summed E-state index contributed by atoms with van der Waals surface area (Å²) < 4.78 is 11.0. The Morgan fingerprint density at radius 1 is 1.24 bits per heavy atom. The fraction of sp³-hybridized carbons (Fsp3) is 0.652. The van der Waals surface area contributed by atoms with Crippen molar-refractivity contribution < 1.29 is 19.1 Å². The number of carbonyl (C=O) groups is 2. The van der Waals surface area contributed by atoms with E-state index in [4.69, 9.17) is 9.47 Å². The minimum absolute atomic E-state index is 0.0183. The van der Waals surface area contributed by atoms with Gasteiger partial charge in [-0.05, 0) is 37.3 Å². The Morgan fingerprint density at radius 2 is 2.03 bits per heavy atom. The Labute approximate surface area is 172 Å². The maximum atomic E-state index is 13.6. The van der Waals surface area contributed by atoms with Crippen LogP contribution in [0, 0.1) is 0 Å². The summed E-state index contributed by atoms with van der Waals surface area (Å²) in [7, 11) is 1.65. The van der Waals surface area contributed by atoms with E-state index in [-0.39, 0.29) is 23.8 Å². The molecule has 4 rings (SSSR count). The summed E-state index contributed by atoms with van der Waals surface area (Å²) >= 11 is 0. The summed E-state index contributed by atoms with van der Waals surface area (Å²) in [5.41, 5.74) is 1.05. The molecule has 1 saturated carbocycles. The molecule has 6 nitrogen and oxygen atoms in total. The molecule has 0 bridgehead atoms. The minimum atomic E-state index is -0.469. The molecule has 0 radical (unpaired) electrons. The molecule has 2 aliphatic heterocycles. The lowest BCUT2D eigenvalue weighted by Crippen LogP contribution is -2.63. The molecule has 1 spiro atoms. The molecule has 3 aliphatic rings. The van der Waals surface area contributed by atoms with Crippen LogP contribution >= 0.6 is 0 Å². The SMILES string of the molecule is COCCN1C(=O)c2ccccc2[C@H](C(=O)NC[C@H]2CCCO2)C12CCCCC2. The quantitative estimate of drug-likeness (QED) is 0.797. The molecule has 0 unspecified atom stereocenters. The molecule has 1 aromatic rings. The highest BCUT2D eigenvalue weighted by Crippen LogP contribution is 2.49. The zero-order chi connectivity index (χ0) is 20.3. The molecule has 1 saturated heterocycles. The number of amides is 2. The van der Waals surface area contributed by atoms with Gasteiger partial charge in [-0.3, -0.25) is 9.59 Å². The zero-order valence-electron chi connectivity index (χ0n) is 17.3. The molecule has 1 N–H and O–H groups in total. The molecule has 6 heteroatoms. The van der Waals surface area contributed by atoms with E-state index >= 15 is 0 Å². The van der Waals surface area contributed by atoms with Gasteiger partial charge in [0, 0.05) is 32.4 Å². The standard InChI is InChI=1S/C23H32N2O4/c1-28-15-13-25-22(27)19-10-4-3-9-18(19)20(23(25)11-5-2-6-12-23)21(26)24-16-17-8-7-14-29-17/h3-4,9-10,17,20H,2,5-8,11-16H2,1H3,(H,24,26)/t17-,20-/m1/s1. The first kappa shape index (κ1) is 20.4. The van der Waals surface area contributed by atoms with Gasteiger partial charge in [-0.1, -0.05) is 37.5 Å². The van der Waals surface area contributed by atoms with Gasteiger partial charge in [0.05, 0.1) is 24.2 Å². The van der Waals surface area contributed by atoms with Crippen molar-refractivity contribution in [3.8, 4) is 0 Å². The summed E-state index contributed by atoms with van der Waals surface area (Å²) in [6, 6.07) is 7.64. The van der Waals surface area contributed by atoms with Crippen LogP contribution in [0.25, 0.3) is 0 Å². The molecular weight excluding hydrogens is 368 g/mol. The number of hydrogen-bond acceptors (Lipinski definition) is 4. The van der Waals surface area contributed by atoms with Crippen LogP contribution in [-0.2, 0) is 14.3 Å². The van der Waals surface area contributed by atoms with Crippen molar-refractivity contribution in [3.05, 3.63) is 35.4 Å². The van der Waals surface area contributed by atoms with Crippen LogP contribution in [0.3, 0.4) is 0 Å². The second-order valence-electron chi connectivity index (χ2n) is 8.51. The Kier molecular flexibility index (Phi) is 6.20. The summed E-state index contributed by atoms with van der Waals surface area (Å²) in [5, 5.41) is 3.17. The number of fused-ring (bicyclic) bond motifs is 1. The maximum Gasteiger partial charge on any atom is 0.254 e. The van der Waals surface area contributed by atoms with E-state index in [0.29, 0.717) is 25.3 Å². The fourth-order valence-electron chi connectivity index (χ4n) is 5.47. The van der Waals surface area contributed by atoms with Gasteiger partial charge >= 0.3 is 0 Å². The summed E-state index contributed by atoms with van der Waals surface area (Å²) in [6.45, 7) is 2.30. The van der Waals surface area contributed by atoms with Gasteiger partial charge in [-0.2, -0.15) is 0 Å². The van der Waals surface area contributed by atoms with E-state index in [9.17, 15) is 9.59 Å². The third-order valence-corrected chi connectivity index (χ3v) is 6.85. The predicted molar refractivity (Wildman–Crippen MR) is 110 cm³/mol. The van der Waals surface area contributed by atoms with E-state index in [1.54, 1.807) is 7.11 Å². The number of nitrogens with one attached hydrogen (secondary N) is 1. The topological polar surface area (TPSA) is 67.9 Å². The molecule has 158 valence electrons. The lowest BCUT2D eigenvalue weighted by molar-refractivity contribution is -0.128. The van der Waals surface area contributed by atoms with Crippen molar-refractivity contribution >= 4 is 11.8 Å². The van der Waals surface area contributed by atoms with Gasteiger partial charge in [0.2, 0.25) is 5.91 Å². The molecule has 2 heterocycles. The molecule has 1 aliphatic carbocycles. The average molecular weight is 401 g/mol. The van der Waals surface area contributed by atoms with E-state index in [2.05, 4.69) is 5.32 Å². The van der Waals surface area contributed by atoms with Crippen LogP contribution < -0.4 is 5.32 Å². The normalized spacial score (nSPS) is 25.8. The molecule has 1 aromatic carbocycles. The first-order chi connectivity index (χ1) is 14.2. The molecule has 0 aromatic heterocycles. The number of hydrogen-bond donors (Lipinski definition) is 1. The summed E-state index contributed by atoms with van der Waals surface area (Å²) in [5.74, 6) is -0.303. The Balaban J connectivity index is 1.70. The number of ether oxygens (including phenoxy) is 2. The molecule has 2 fully saturated rings. The first-order valence-electron chi connectivity index (χ1n) is 11.0. The highest BCUT2D eigenvalue weighted by molar-refractivity contribution is 6.02. The summed E-state index contributed by atoms with van der Waals surface area (Å²) in [4.78, 5) is 29.0. The fourth-order valence-corrected chi connectivity index (χ4v) is 5.47. The Bertz CT molecular complexity index is 738. The van der Waals surface area contributed by atoms with Gasteiger partial charge in [0.15, 0.2) is 0 Å². The number of rotatable bonds is 6. The van der Waals surface area contributed by atoms with Crippen LogP contribution in [0.5, 0.6) is 0 Å². The number of methoxy groups -OCH3 is 1. The van der Waals surface area contributed by atoms with Crippen LogP contribution in [0.4, 0.5) is 0 Å². The maximum absolute atomic E-state index is 13.6. The van der Waals surface area contributed by atoms with E-state index in [1.807, 2.05) is 29.2 Å². The van der Waals surface area contributed by atoms with Crippen molar-refractivity contribution in [2.45, 2.75) is 62.5 Å². The van der Waals surface area contributed by atoms with Crippen LogP contribution in [0.15, 0.2) is 24.3 Å². The zero-order valence-corrected chi connectivity index (χ0v) is 17.3. The predicted octanol–water partition coefficient (Wildman–Crippen LogP) is 2.87. The second kappa shape index (κ2) is 8.84. The van der Waals surface area contributed by atoms with Crippen molar-refractivity contribution in [2.75, 3.05) is 33.4 Å². The monoisotopic (exact) mass is 400 g/mol. The lowest BCUT2D eigenvalue weighted by Gasteiger charge is -2.53. The van der Waals surface area contributed by atoms with Gasteiger partial charge in [0.25, 0.3) is 5.91 Å². The second-order valence-corrected chi connectivity index (χ2v) is 8.51. The Hall–Kier alpha value is -1.92. The highest BCUT2D eigenvalue weighted by Gasteiger charge is 2.54. The van der Waals surface area contributed by atoms with Gasteiger partial charge < -0.3 is 19.7 Å². The molecule has 29 heavy (non-hydrogen) atoms. The van der Waals surface area contributed by atoms with Crippen molar-refractivity contribution in [1.82, 2.24) is 10.2 Å². The number of carbonyl (C=O) groups excluding carboxylic acids is 2. The van der Waals surface area contributed by atoms with Crippen LogP contribution in [0.2, 0.25) is 0 Å². The minimum Gasteiger partial charge on any atom is -0.383 e. The third-order valence-electron chi connectivity index (χ3n) is 6.85.